The molecule has 19 heavy (non-hydrogen) atoms. The van der Waals surface area contributed by atoms with Gasteiger partial charge in [0.25, 0.3) is 0 Å². The molecule has 0 aliphatic carbocycles. The summed E-state index contributed by atoms with van der Waals surface area (Å²) in [6.45, 7) is 4.69. The summed E-state index contributed by atoms with van der Waals surface area (Å²) in [7, 11) is 3.88. The molecule has 2 heterocycles. The maximum atomic E-state index is 9.53. The zero-order chi connectivity index (χ0) is 14.0. The Labute approximate surface area is 113 Å². The first-order valence-corrected chi connectivity index (χ1v) is 6.28. The lowest BCUT2D eigenvalue weighted by molar-refractivity contribution is 0.281. The average Bonchev–Trinajstić information content (AvgIpc) is 2.73. The summed E-state index contributed by atoms with van der Waals surface area (Å²) in [5.41, 5.74) is 4.04. The van der Waals surface area contributed by atoms with E-state index in [4.69, 9.17) is 0 Å². The Balaban J connectivity index is 2.30. The highest BCUT2D eigenvalue weighted by molar-refractivity contribution is 5.51. The molecule has 1 N–H and O–H groups in total. The van der Waals surface area contributed by atoms with Gasteiger partial charge in [0.15, 0.2) is 0 Å². The van der Waals surface area contributed by atoms with Crippen LogP contribution in [0.3, 0.4) is 0 Å². The average molecular weight is 260 g/mol. The van der Waals surface area contributed by atoms with Crippen molar-refractivity contribution < 1.29 is 5.11 Å². The van der Waals surface area contributed by atoms with Crippen LogP contribution in [0.5, 0.6) is 0 Å². The molecule has 2 aromatic rings. The first-order valence-electron chi connectivity index (χ1n) is 6.28. The van der Waals surface area contributed by atoms with Crippen molar-refractivity contribution in [2.45, 2.75) is 27.0 Å². The van der Waals surface area contributed by atoms with E-state index < -0.39 is 0 Å². The van der Waals surface area contributed by atoms with Gasteiger partial charge in [-0.05, 0) is 25.5 Å². The molecular formula is C14H20N4O. The normalized spacial score (nSPS) is 10.8. The zero-order valence-electron chi connectivity index (χ0n) is 11.9. The quantitative estimate of drug-likeness (QED) is 0.906. The Kier molecular flexibility index (Phi) is 3.85. The molecule has 5 nitrogen and oxygen atoms in total. The third-order valence-electron chi connectivity index (χ3n) is 3.15. The second-order valence-corrected chi connectivity index (χ2v) is 4.92. The fourth-order valence-corrected chi connectivity index (χ4v) is 2.26. The Morgan fingerprint density at radius 1 is 1.37 bits per heavy atom. The molecule has 0 bridgehead atoms. The molecule has 0 fully saturated rings. The monoisotopic (exact) mass is 260 g/mol. The van der Waals surface area contributed by atoms with Crippen LogP contribution in [-0.2, 0) is 20.2 Å². The van der Waals surface area contributed by atoms with E-state index in [0.717, 1.165) is 34.7 Å². The fraction of sp³-hybridized carbons (Fsp3) is 0.429. The Bertz CT molecular complexity index is 577. The van der Waals surface area contributed by atoms with Crippen molar-refractivity contribution in [1.82, 2.24) is 14.8 Å². The molecule has 0 spiro atoms. The number of hydrogen-bond donors (Lipinski definition) is 1. The van der Waals surface area contributed by atoms with Gasteiger partial charge in [-0.1, -0.05) is 0 Å². The van der Waals surface area contributed by atoms with Gasteiger partial charge in [0.05, 0.1) is 12.8 Å². The van der Waals surface area contributed by atoms with E-state index in [-0.39, 0.29) is 6.61 Å². The largest absolute Gasteiger partial charge is 0.392 e. The number of aryl methyl sites for hydroxylation is 3. The molecule has 2 aromatic heterocycles. The van der Waals surface area contributed by atoms with Gasteiger partial charge in [0.1, 0.15) is 5.82 Å². The van der Waals surface area contributed by atoms with Gasteiger partial charge in [-0.15, -0.1) is 0 Å². The minimum Gasteiger partial charge on any atom is -0.392 e. The maximum Gasteiger partial charge on any atom is 0.134 e. The lowest BCUT2D eigenvalue weighted by Gasteiger charge is -2.22. The van der Waals surface area contributed by atoms with Crippen LogP contribution >= 0.6 is 0 Å². The number of nitrogens with zero attached hydrogens (tertiary/aromatic N) is 4. The number of aromatic nitrogens is 3. The van der Waals surface area contributed by atoms with Crippen molar-refractivity contribution in [3.63, 3.8) is 0 Å². The Morgan fingerprint density at radius 3 is 2.68 bits per heavy atom. The zero-order valence-corrected chi connectivity index (χ0v) is 11.9. The lowest BCUT2D eigenvalue weighted by atomic mass is 10.1. The summed E-state index contributed by atoms with van der Waals surface area (Å²) >= 11 is 0. The van der Waals surface area contributed by atoms with E-state index >= 15 is 0 Å². The standard InChI is InChI=1S/C14H20N4O/c1-10-5-11(2)16-14(13(10)9-19)17(3)7-12-6-15-18(4)8-12/h5-6,8,19H,7,9H2,1-4H3. The Morgan fingerprint density at radius 2 is 2.11 bits per heavy atom. The third-order valence-corrected chi connectivity index (χ3v) is 3.15. The summed E-state index contributed by atoms with van der Waals surface area (Å²) in [4.78, 5) is 6.59. The maximum absolute atomic E-state index is 9.53. The molecule has 0 saturated carbocycles. The van der Waals surface area contributed by atoms with Crippen LogP contribution in [0.1, 0.15) is 22.4 Å². The van der Waals surface area contributed by atoms with Crippen molar-refractivity contribution in [1.29, 1.82) is 0 Å². The van der Waals surface area contributed by atoms with Gasteiger partial charge in [-0.25, -0.2) is 4.98 Å². The molecule has 0 radical (unpaired) electrons. The first kappa shape index (κ1) is 13.5. The molecule has 102 valence electrons. The number of pyridine rings is 1. The number of aliphatic hydroxyl groups excluding tert-OH is 1. The second-order valence-electron chi connectivity index (χ2n) is 4.92. The number of hydrogen-bond acceptors (Lipinski definition) is 4. The molecule has 2 rings (SSSR count). The van der Waals surface area contributed by atoms with E-state index in [1.165, 1.54) is 0 Å². The van der Waals surface area contributed by atoms with Crippen molar-refractivity contribution >= 4 is 5.82 Å². The van der Waals surface area contributed by atoms with Gasteiger partial charge < -0.3 is 10.0 Å². The minimum atomic E-state index is 0.00578. The third kappa shape index (κ3) is 2.93. The summed E-state index contributed by atoms with van der Waals surface area (Å²) < 4.78 is 1.78. The summed E-state index contributed by atoms with van der Waals surface area (Å²) in [6, 6.07) is 1.99. The molecule has 0 aromatic carbocycles. The number of anilines is 1. The number of rotatable bonds is 4. The van der Waals surface area contributed by atoms with E-state index in [0.29, 0.717) is 0 Å². The molecule has 0 amide bonds. The topological polar surface area (TPSA) is 54.2 Å². The van der Waals surface area contributed by atoms with Crippen LogP contribution in [0.15, 0.2) is 18.5 Å². The SMILES string of the molecule is Cc1cc(C)c(CO)c(N(C)Cc2cnn(C)c2)n1. The lowest BCUT2D eigenvalue weighted by Crippen LogP contribution is -2.20. The smallest absolute Gasteiger partial charge is 0.134 e. The van der Waals surface area contributed by atoms with Crippen LogP contribution in [-0.4, -0.2) is 26.9 Å². The Hall–Kier alpha value is -1.88. The number of aliphatic hydroxyl groups is 1. The first-order chi connectivity index (χ1) is 9.01. The van der Waals surface area contributed by atoms with Gasteiger partial charge >= 0.3 is 0 Å². The van der Waals surface area contributed by atoms with Crippen LogP contribution in [0.25, 0.3) is 0 Å². The van der Waals surface area contributed by atoms with Crippen LogP contribution in [0.2, 0.25) is 0 Å². The highest BCUT2D eigenvalue weighted by Gasteiger charge is 2.13. The summed E-state index contributed by atoms with van der Waals surface area (Å²) in [5, 5.41) is 13.7. The van der Waals surface area contributed by atoms with Crippen LogP contribution < -0.4 is 4.90 Å². The molecule has 0 aliphatic heterocycles. The predicted octanol–water partition coefficient (Wildman–Crippen LogP) is 1.56. The van der Waals surface area contributed by atoms with E-state index in [9.17, 15) is 5.11 Å². The predicted molar refractivity (Wildman–Crippen MR) is 74.9 cm³/mol. The minimum absolute atomic E-state index is 0.00578. The molecule has 0 unspecified atom stereocenters. The van der Waals surface area contributed by atoms with Gasteiger partial charge in [-0.2, -0.15) is 5.10 Å². The van der Waals surface area contributed by atoms with Crippen molar-refractivity contribution in [3.05, 3.63) is 40.8 Å². The van der Waals surface area contributed by atoms with Gasteiger partial charge in [0.2, 0.25) is 0 Å². The summed E-state index contributed by atoms with van der Waals surface area (Å²) in [5.74, 6) is 0.837. The van der Waals surface area contributed by atoms with Crippen molar-refractivity contribution in [2.24, 2.45) is 7.05 Å². The van der Waals surface area contributed by atoms with E-state index in [2.05, 4.69) is 10.1 Å². The van der Waals surface area contributed by atoms with E-state index in [1.807, 2.05) is 51.3 Å². The fourth-order valence-electron chi connectivity index (χ4n) is 2.26. The highest BCUT2D eigenvalue weighted by Crippen LogP contribution is 2.23. The van der Waals surface area contributed by atoms with Gasteiger partial charge in [0, 0.05) is 43.7 Å². The van der Waals surface area contributed by atoms with E-state index in [1.54, 1.807) is 4.68 Å². The van der Waals surface area contributed by atoms with Gasteiger partial charge in [-0.3, -0.25) is 4.68 Å². The molecular weight excluding hydrogens is 240 g/mol. The highest BCUT2D eigenvalue weighted by atomic mass is 16.3. The summed E-state index contributed by atoms with van der Waals surface area (Å²) in [6.07, 6.45) is 3.83. The van der Waals surface area contributed by atoms with Crippen LogP contribution in [0.4, 0.5) is 5.82 Å². The molecule has 5 heteroatoms. The molecule has 0 atom stereocenters. The second kappa shape index (κ2) is 5.40. The van der Waals surface area contributed by atoms with Crippen molar-refractivity contribution in [2.75, 3.05) is 11.9 Å². The van der Waals surface area contributed by atoms with Crippen molar-refractivity contribution in [3.8, 4) is 0 Å². The molecule has 0 aliphatic rings. The van der Waals surface area contributed by atoms with Crippen LogP contribution in [0, 0.1) is 13.8 Å². The molecule has 0 saturated heterocycles.